The maximum Gasteiger partial charge on any atom is 0.251 e. The Bertz CT molecular complexity index is 589. The van der Waals surface area contributed by atoms with E-state index in [0.29, 0.717) is 17.2 Å². The van der Waals surface area contributed by atoms with Crippen LogP contribution in [-0.4, -0.2) is 17.4 Å². The molecule has 1 aromatic heterocycles. The fourth-order valence-corrected chi connectivity index (χ4v) is 2.39. The number of anilines is 1. The Morgan fingerprint density at radius 1 is 1.56 bits per heavy atom. The van der Waals surface area contributed by atoms with E-state index in [2.05, 4.69) is 10.3 Å². The van der Waals surface area contributed by atoms with Crippen LogP contribution >= 0.6 is 11.3 Å². The fourth-order valence-electron chi connectivity index (χ4n) is 1.62. The largest absolute Gasteiger partial charge is 0.375 e. The molecule has 94 valence electrons. The van der Waals surface area contributed by atoms with E-state index in [4.69, 9.17) is 5.73 Å². The van der Waals surface area contributed by atoms with E-state index in [9.17, 15) is 4.79 Å². The number of hydrogen-bond donors (Lipinski definition) is 2. The first-order chi connectivity index (χ1) is 8.70. The van der Waals surface area contributed by atoms with Crippen molar-refractivity contribution >= 4 is 32.6 Å². The molecule has 0 fully saturated rings. The molecule has 4 nitrogen and oxygen atoms in total. The number of nitrogen functional groups attached to an aromatic ring is 1. The highest BCUT2D eigenvalue weighted by atomic mass is 32.1. The molecule has 0 radical (unpaired) electrons. The van der Waals surface area contributed by atoms with Crippen LogP contribution in [0, 0.1) is 0 Å². The summed E-state index contributed by atoms with van der Waals surface area (Å²) in [6.45, 7) is 2.61. The van der Waals surface area contributed by atoms with Crippen LogP contribution in [-0.2, 0) is 0 Å². The molecule has 5 heteroatoms. The number of amides is 1. The van der Waals surface area contributed by atoms with Gasteiger partial charge in [-0.1, -0.05) is 23.5 Å². The summed E-state index contributed by atoms with van der Waals surface area (Å²) in [5, 5.41) is 3.39. The average Bonchev–Trinajstić information content (AvgIpc) is 2.73. The Kier molecular flexibility index (Phi) is 3.94. The van der Waals surface area contributed by atoms with E-state index in [1.165, 1.54) is 11.3 Å². The van der Waals surface area contributed by atoms with Gasteiger partial charge in [-0.15, -0.1) is 0 Å². The Balaban J connectivity index is 2.07. The molecule has 0 bridgehead atoms. The normalized spacial score (nSPS) is 11.2. The second-order valence-corrected chi connectivity index (χ2v) is 4.91. The number of thiazole rings is 1. The predicted octanol–water partition coefficient (Wildman–Crippen LogP) is 2.57. The van der Waals surface area contributed by atoms with Crippen LogP contribution in [0.25, 0.3) is 10.2 Å². The first-order valence-electron chi connectivity index (χ1n) is 5.76. The zero-order chi connectivity index (χ0) is 13.0. The number of hydrogen-bond acceptors (Lipinski definition) is 4. The molecule has 18 heavy (non-hydrogen) atoms. The summed E-state index contributed by atoms with van der Waals surface area (Å²) in [5.41, 5.74) is 7.11. The molecule has 1 amide bonds. The van der Waals surface area contributed by atoms with E-state index >= 15 is 0 Å². The number of allylic oxidation sites excluding steroid dienone is 1. The Morgan fingerprint density at radius 3 is 3.17 bits per heavy atom. The van der Waals surface area contributed by atoms with Crippen molar-refractivity contribution in [1.82, 2.24) is 10.3 Å². The molecule has 0 saturated heterocycles. The molecule has 3 N–H and O–H groups in total. The number of carbonyl (C=O) groups excluding carboxylic acids is 1. The number of nitrogens with one attached hydrogen (secondary N) is 1. The Morgan fingerprint density at radius 2 is 2.39 bits per heavy atom. The van der Waals surface area contributed by atoms with Gasteiger partial charge in [0.05, 0.1) is 10.2 Å². The Labute approximate surface area is 110 Å². The predicted molar refractivity (Wildman–Crippen MR) is 75.8 cm³/mol. The lowest BCUT2D eigenvalue weighted by atomic mass is 10.2. The lowest BCUT2D eigenvalue weighted by Crippen LogP contribution is -2.23. The zero-order valence-electron chi connectivity index (χ0n) is 10.1. The lowest BCUT2D eigenvalue weighted by molar-refractivity contribution is 0.0954. The van der Waals surface area contributed by atoms with Crippen molar-refractivity contribution in [2.45, 2.75) is 13.3 Å². The van der Waals surface area contributed by atoms with Gasteiger partial charge in [0, 0.05) is 12.1 Å². The quantitative estimate of drug-likeness (QED) is 0.656. The van der Waals surface area contributed by atoms with Crippen molar-refractivity contribution in [3.05, 3.63) is 35.9 Å². The van der Waals surface area contributed by atoms with Crippen LogP contribution < -0.4 is 11.1 Å². The van der Waals surface area contributed by atoms with Crippen molar-refractivity contribution in [3.63, 3.8) is 0 Å². The lowest BCUT2D eigenvalue weighted by Gasteiger charge is -2.03. The van der Waals surface area contributed by atoms with Gasteiger partial charge in [0.25, 0.3) is 5.91 Å². The van der Waals surface area contributed by atoms with Gasteiger partial charge in [0.1, 0.15) is 0 Å². The zero-order valence-corrected chi connectivity index (χ0v) is 11.0. The molecule has 2 aromatic rings. The first kappa shape index (κ1) is 12.6. The number of benzene rings is 1. The number of fused-ring (bicyclic) bond motifs is 1. The van der Waals surface area contributed by atoms with Crippen molar-refractivity contribution in [2.24, 2.45) is 0 Å². The van der Waals surface area contributed by atoms with E-state index in [1.54, 1.807) is 6.07 Å². The third-order valence-corrected chi connectivity index (χ3v) is 3.35. The van der Waals surface area contributed by atoms with Gasteiger partial charge in [-0.3, -0.25) is 4.79 Å². The van der Waals surface area contributed by atoms with Gasteiger partial charge in [0.2, 0.25) is 0 Å². The summed E-state index contributed by atoms with van der Waals surface area (Å²) >= 11 is 1.39. The molecule has 0 saturated carbocycles. The highest BCUT2D eigenvalue weighted by molar-refractivity contribution is 7.22. The monoisotopic (exact) mass is 261 g/mol. The van der Waals surface area contributed by atoms with Crippen LogP contribution in [0.2, 0.25) is 0 Å². The SMILES string of the molecule is C/C=C/CCNC(=O)c1ccc2nc(N)sc2c1. The first-order valence-corrected chi connectivity index (χ1v) is 6.58. The fraction of sp³-hybridized carbons (Fsp3) is 0.231. The highest BCUT2D eigenvalue weighted by Gasteiger charge is 2.07. The number of aromatic nitrogens is 1. The third kappa shape index (κ3) is 2.87. The number of rotatable bonds is 4. The van der Waals surface area contributed by atoms with Crippen LogP contribution in [0.15, 0.2) is 30.4 Å². The summed E-state index contributed by atoms with van der Waals surface area (Å²) < 4.78 is 0.939. The molecule has 0 aliphatic carbocycles. The van der Waals surface area contributed by atoms with Crippen LogP contribution in [0.4, 0.5) is 5.13 Å². The third-order valence-electron chi connectivity index (χ3n) is 2.50. The average molecular weight is 261 g/mol. The van der Waals surface area contributed by atoms with E-state index < -0.39 is 0 Å². The Hall–Kier alpha value is -1.88. The standard InChI is InChI=1S/C13H15N3OS/c1-2-3-4-7-15-12(17)9-5-6-10-11(8-9)18-13(14)16-10/h2-3,5-6,8H,4,7H2,1H3,(H2,14,16)(H,15,17)/b3-2+. The number of nitrogens with zero attached hydrogens (tertiary/aromatic N) is 1. The van der Waals surface area contributed by atoms with Gasteiger partial charge in [-0.25, -0.2) is 4.98 Å². The summed E-state index contributed by atoms with van der Waals surface area (Å²) in [4.78, 5) is 16.0. The molecule has 0 spiro atoms. The number of nitrogens with two attached hydrogens (primary N) is 1. The summed E-state index contributed by atoms with van der Waals surface area (Å²) in [5.74, 6) is -0.0617. The topological polar surface area (TPSA) is 68.0 Å². The minimum Gasteiger partial charge on any atom is -0.375 e. The molecular weight excluding hydrogens is 246 g/mol. The minimum absolute atomic E-state index is 0.0617. The molecular formula is C13H15N3OS. The molecule has 0 atom stereocenters. The van der Waals surface area contributed by atoms with Crippen molar-refractivity contribution in [2.75, 3.05) is 12.3 Å². The molecule has 0 aliphatic heterocycles. The summed E-state index contributed by atoms with van der Waals surface area (Å²) in [6, 6.07) is 5.42. The van der Waals surface area contributed by atoms with Gasteiger partial charge >= 0.3 is 0 Å². The van der Waals surface area contributed by atoms with Gasteiger partial charge in [0.15, 0.2) is 5.13 Å². The van der Waals surface area contributed by atoms with Crippen molar-refractivity contribution in [3.8, 4) is 0 Å². The summed E-state index contributed by atoms with van der Waals surface area (Å²) in [6.07, 6.45) is 4.84. The van der Waals surface area contributed by atoms with Crippen LogP contribution in [0.5, 0.6) is 0 Å². The van der Waals surface area contributed by atoms with Crippen molar-refractivity contribution < 1.29 is 4.79 Å². The molecule has 2 rings (SSSR count). The van der Waals surface area contributed by atoms with Gasteiger partial charge < -0.3 is 11.1 Å². The van der Waals surface area contributed by atoms with E-state index in [1.807, 2.05) is 31.2 Å². The minimum atomic E-state index is -0.0617. The maximum absolute atomic E-state index is 11.9. The number of carbonyl (C=O) groups is 1. The van der Waals surface area contributed by atoms with Gasteiger partial charge in [-0.2, -0.15) is 0 Å². The summed E-state index contributed by atoms with van der Waals surface area (Å²) in [7, 11) is 0. The van der Waals surface area contributed by atoms with E-state index in [-0.39, 0.29) is 5.91 Å². The molecule has 0 aliphatic rings. The van der Waals surface area contributed by atoms with Crippen LogP contribution in [0.3, 0.4) is 0 Å². The molecule has 1 aromatic carbocycles. The second kappa shape index (κ2) is 5.64. The van der Waals surface area contributed by atoms with Crippen LogP contribution in [0.1, 0.15) is 23.7 Å². The maximum atomic E-state index is 11.9. The smallest absolute Gasteiger partial charge is 0.251 e. The molecule has 0 unspecified atom stereocenters. The molecule has 1 heterocycles. The van der Waals surface area contributed by atoms with E-state index in [0.717, 1.165) is 16.6 Å². The highest BCUT2D eigenvalue weighted by Crippen LogP contribution is 2.24. The second-order valence-electron chi connectivity index (χ2n) is 3.85. The van der Waals surface area contributed by atoms with Crippen molar-refractivity contribution in [1.29, 1.82) is 0 Å². The van der Waals surface area contributed by atoms with Gasteiger partial charge in [-0.05, 0) is 31.5 Å².